The Bertz CT molecular complexity index is 1060. The molecule has 1 N–H and O–H groups in total. The van der Waals surface area contributed by atoms with Crippen molar-refractivity contribution in [2.75, 3.05) is 41.3 Å². The van der Waals surface area contributed by atoms with E-state index in [1.807, 2.05) is 0 Å². The highest BCUT2D eigenvalue weighted by molar-refractivity contribution is 6.29. The molecule has 4 heterocycles. The number of pyridine rings is 1. The van der Waals surface area contributed by atoms with Crippen LogP contribution in [0.15, 0.2) is 18.3 Å². The Kier molecular flexibility index (Phi) is 5.63. The lowest BCUT2D eigenvalue weighted by Gasteiger charge is -2.34. The number of hydrogen-bond acceptors (Lipinski definition) is 6. The van der Waals surface area contributed by atoms with Gasteiger partial charge in [-0.1, -0.05) is 11.6 Å². The minimum Gasteiger partial charge on any atom is -0.371 e. The highest BCUT2D eigenvalue weighted by Crippen LogP contribution is 2.54. The first kappa shape index (κ1) is 22.3. The molecule has 1 saturated carbocycles. The molecule has 2 aliphatic heterocycles. The number of carbonyl (C=O) groups is 1. The first-order chi connectivity index (χ1) is 15.7. The third kappa shape index (κ3) is 4.88. The minimum atomic E-state index is -2.64. The quantitative estimate of drug-likeness (QED) is 0.645. The van der Waals surface area contributed by atoms with Crippen molar-refractivity contribution in [2.24, 2.45) is 5.41 Å². The van der Waals surface area contributed by atoms with E-state index in [2.05, 4.69) is 25.2 Å². The smallest absolute Gasteiger partial charge is 0.261 e. The summed E-state index contributed by atoms with van der Waals surface area (Å²) in [4.78, 5) is 30.1. The van der Waals surface area contributed by atoms with Gasteiger partial charge in [0, 0.05) is 57.0 Å². The van der Waals surface area contributed by atoms with Crippen molar-refractivity contribution in [2.45, 2.75) is 51.4 Å². The number of hydrogen-bond donors (Lipinski definition) is 1. The highest BCUT2D eigenvalue weighted by atomic mass is 35.5. The zero-order valence-corrected chi connectivity index (χ0v) is 19.3. The second-order valence-electron chi connectivity index (χ2n) is 9.50. The van der Waals surface area contributed by atoms with Gasteiger partial charge in [0.1, 0.15) is 11.0 Å². The molecule has 176 valence electrons. The van der Waals surface area contributed by atoms with Crippen LogP contribution in [0.1, 0.15) is 54.6 Å². The molecule has 0 unspecified atom stereocenters. The maximum atomic E-state index is 13.5. The fourth-order valence-electron chi connectivity index (χ4n) is 4.76. The number of alkyl halides is 2. The molecule has 0 radical (unpaired) electrons. The van der Waals surface area contributed by atoms with Gasteiger partial charge in [0.25, 0.3) is 11.8 Å². The van der Waals surface area contributed by atoms with Gasteiger partial charge in [-0.3, -0.25) is 10.1 Å². The summed E-state index contributed by atoms with van der Waals surface area (Å²) in [6.07, 6.45) is 5.89. The summed E-state index contributed by atoms with van der Waals surface area (Å²) in [5.74, 6) is -2.33. The van der Waals surface area contributed by atoms with Crippen molar-refractivity contribution in [3.63, 3.8) is 0 Å². The molecule has 0 aromatic carbocycles. The van der Waals surface area contributed by atoms with E-state index < -0.39 is 5.92 Å². The van der Waals surface area contributed by atoms with Gasteiger partial charge in [0.15, 0.2) is 0 Å². The van der Waals surface area contributed by atoms with Crippen LogP contribution in [0.5, 0.6) is 0 Å². The third-order valence-electron chi connectivity index (χ3n) is 7.10. The molecule has 3 aliphatic rings. The van der Waals surface area contributed by atoms with Crippen LogP contribution in [0.2, 0.25) is 5.15 Å². The van der Waals surface area contributed by atoms with Gasteiger partial charge in [0.05, 0.1) is 11.3 Å². The second-order valence-corrected chi connectivity index (χ2v) is 9.89. The van der Waals surface area contributed by atoms with Gasteiger partial charge in [-0.05, 0) is 44.1 Å². The number of aryl methyl sites for hydroxylation is 1. The molecule has 0 atom stereocenters. The Morgan fingerprint density at radius 1 is 1.00 bits per heavy atom. The van der Waals surface area contributed by atoms with E-state index in [-0.39, 0.29) is 37.8 Å². The molecule has 2 aromatic rings. The molecule has 3 fully saturated rings. The maximum Gasteiger partial charge on any atom is 0.261 e. The summed E-state index contributed by atoms with van der Waals surface area (Å²) in [6.45, 7) is 3.96. The van der Waals surface area contributed by atoms with Crippen LogP contribution in [0.4, 0.5) is 26.2 Å². The number of carbonyl (C=O) groups excluding carboxylic acids is 1. The molecule has 1 spiro atoms. The molecule has 1 amide bonds. The summed E-state index contributed by atoms with van der Waals surface area (Å²) in [6, 6.07) is 3.48. The zero-order valence-electron chi connectivity index (χ0n) is 18.6. The van der Waals surface area contributed by atoms with Crippen LogP contribution in [-0.2, 0) is 0 Å². The lowest BCUT2D eigenvalue weighted by atomic mass is 9.93. The topological polar surface area (TPSA) is 74.2 Å². The predicted octanol–water partition coefficient (Wildman–Crippen LogP) is 4.70. The average Bonchev–Trinajstić information content (AvgIpc) is 3.52. The predicted molar refractivity (Wildman–Crippen MR) is 123 cm³/mol. The van der Waals surface area contributed by atoms with Crippen LogP contribution >= 0.6 is 11.6 Å². The van der Waals surface area contributed by atoms with Crippen molar-refractivity contribution in [3.05, 3.63) is 34.7 Å². The molecule has 0 bridgehead atoms. The fraction of sp³-hybridized carbons (Fsp3) is 0.565. The van der Waals surface area contributed by atoms with Gasteiger partial charge in [0.2, 0.25) is 5.95 Å². The lowest BCUT2D eigenvalue weighted by molar-refractivity contribution is -0.0221. The Labute approximate surface area is 196 Å². The number of aromatic nitrogens is 3. The molecule has 5 rings (SSSR count). The number of halogens is 3. The van der Waals surface area contributed by atoms with Gasteiger partial charge >= 0.3 is 0 Å². The summed E-state index contributed by atoms with van der Waals surface area (Å²) in [5.41, 5.74) is 2.33. The maximum absolute atomic E-state index is 13.5. The fourth-order valence-corrected chi connectivity index (χ4v) is 4.91. The SMILES string of the molecule is Cc1cc(N2CCC(F)(F)CC2)nc(NC(=O)c2cnc(Cl)cc2N2CCC3(CC2)CC3)n1. The molecular weight excluding hydrogens is 450 g/mol. The average molecular weight is 477 g/mol. The Hall–Kier alpha value is -2.55. The van der Waals surface area contributed by atoms with Crippen LogP contribution in [-0.4, -0.2) is 53.0 Å². The standard InChI is InChI=1S/C23H27ClF2N6O/c1-15-12-19(32-10-6-23(25,26)7-11-32)29-21(28-15)30-20(33)16-14-27-18(24)13-17(16)31-8-4-22(2-3-22)5-9-31/h12-14H,2-11H2,1H3,(H,28,29,30,33). The first-order valence-corrected chi connectivity index (χ1v) is 11.8. The van der Waals surface area contributed by atoms with E-state index in [1.165, 1.54) is 19.0 Å². The van der Waals surface area contributed by atoms with Crippen molar-refractivity contribution >= 4 is 35.0 Å². The van der Waals surface area contributed by atoms with Gasteiger partial charge < -0.3 is 9.80 Å². The number of nitrogens with zero attached hydrogens (tertiary/aromatic N) is 5. The molecule has 7 nitrogen and oxygen atoms in total. The van der Waals surface area contributed by atoms with E-state index in [0.717, 1.165) is 31.6 Å². The highest BCUT2D eigenvalue weighted by Gasteiger charge is 2.44. The summed E-state index contributed by atoms with van der Waals surface area (Å²) < 4.78 is 27.1. The van der Waals surface area contributed by atoms with Crippen LogP contribution in [0.25, 0.3) is 0 Å². The van der Waals surface area contributed by atoms with Crippen LogP contribution in [0, 0.1) is 12.3 Å². The van der Waals surface area contributed by atoms with Gasteiger partial charge in [-0.25, -0.2) is 18.7 Å². The van der Waals surface area contributed by atoms with E-state index in [0.29, 0.717) is 27.6 Å². The van der Waals surface area contributed by atoms with Crippen molar-refractivity contribution in [1.29, 1.82) is 0 Å². The first-order valence-electron chi connectivity index (χ1n) is 11.4. The molecular formula is C23H27ClF2N6O. The van der Waals surface area contributed by atoms with Gasteiger partial charge in [-0.15, -0.1) is 0 Å². The summed E-state index contributed by atoms with van der Waals surface area (Å²) in [7, 11) is 0. The molecule has 2 aromatic heterocycles. The lowest BCUT2D eigenvalue weighted by Crippen LogP contribution is -2.40. The van der Waals surface area contributed by atoms with E-state index in [4.69, 9.17) is 11.6 Å². The third-order valence-corrected chi connectivity index (χ3v) is 7.31. The van der Waals surface area contributed by atoms with Crippen molar-refractivity contribution < 1.29 is 13.6 Å². The largest absolute Gasteiger partial charge is 0.371 e. The number of anilines is 3. The second kappa shape index (κ2) is 8.34. The van der Waals surface area contributed by atoms with Crippen molar-refractivity contribution in [1.82, 2.24) is 15.0 Å². The minimum absolute atomic E-state index is 0.142. The summed E-state index contributed by atoms with van der Waals surface area (Å²) >= 11 is 6.16. The normalized spacial score (nSPS) is 21.2. The Morgan fingerprint density at radius 3 is 2.33 bits per heavy atom. The molecule has 10 heteroatoms. The number of nitrogens with one attached hydrogen (secondary N) is 1. The Morgan fingerprint density at radius 2 is 1.67 bits per heavy atom. The van der Waals surface area contributed by atoms with E-state index in [1.54, 1.807) is 24.0 Å². The number of rotatable bonds is 4. The molecule has 1 aliphatic carbocycles. The number of amides is 1. The monoisotopic (exact) mass is 476 g/mol. The molecule has 2 saturated heterocycles. The number of piperidine rings is 2. The van der Waals surface area contributed by atoms with Gasteiger partial charge in [-0.2, -0.15) is 4.98 Å². The van der Waals surface area contributed by atoms with Crippen LogP contribution < -0.4 is 15.1 Å². The van der Waals surface area contributed by atoms with Crippen LogP contribution in [0.3, 0.4) is 0 Å². The molecule has 33 heavy (non-hydrogen) atoms. The summed E-state index contributed by atoms with van der Waals surface area (Å²) in [5, 5.41) is 3.11. The van der Waals surface area contributed by atoms with E-state index >= 15 is 0 Å². The van der Waals surface area contributed by atoms with E-state index in [9.17, 15) is 13.6 Å². The zero-order chi connectivity index (χ0) is 23.2. The Balaban J connectivity index is 1.34. The van der Waals surface area contributed by atoms with Crippen molar-refractivity contribution in [3.8, 4) is 0 Å².